The molecular formula is C14H18O2. The Morgan fingerprint density at radius 3 is 2.88 bits per heavy atom. The quantitative estimate of drug-likeness (QED) is 0.707. The van der Waals surface area contributed by atoms with E-state index in [0.717, 1.165) is 26.1 Å². The standard InChI is InChI=1S/C14H18O2/c1-2-5-13(6-3-1)11-16-10-8-14-7-4-9-15-12-14/h1-6,9,14H,7-8,10-12H2. The van der Waals surface area contributed by atoms with Crippen LogP contribution in [0.4, 0.5) is 0 Å². The van der Waals surface area contributed by atoms with Crippen LogP contribution in [0.3, 0.4) is 0 Å². The van der Waals surface area contributed by atoms with Gasteiger partial charge in [0.05, 0.1) is 19.5 Å². The average Bonchev–Trinajstić information content (AvgIpc) is 2.37. The van der Waals surface area contributed by atoms with Crippen LogP contribution in [0.1, 0.15) is 18.4 Å². The molecule has 0 spiro atoms. The summed E-state index contributed by atoms with van der Waals surface area (Å²) in [6, 6.07) is 10.3. The Balaban J connectivity index is 1.60. The summed E-state index contributed by atoms with van der Waals surface area (Å²) in [5.41, 5.74) is 1.24. The fourth-order valence-electron chi connectivity index (χ4n) is 1.79. The summed E-state index contributed by atoms with van der Waals surface area (Å²) >= 11 is 0. The molecule has 0 bridgehead atoms. The van der Waals surface area contributed by atoms with Gasteiger partial charge in [0, 0.05) is 6.61 Å². The van der Waals surface area contributed by atoms with Gasteiger partial charge in [0.25, 0.3) is 0 Å². The number of allylic oxidation sites excluding steroid dienone is 1. The highest BCUT2D eigenvalue weighted by molar-refractivity contribution is 5.13. The number of hydrogen-bond donors (Lipinski definition) is 0. The molecule has 0 fully saturated rings. The van der Waals surface area contributed by atoms with Crippen molar-refractivity contribution in [2.75, 3.05) is 13.2 Å². The fraction of sp³-hybridized carbons (Fsp3) is 0.429. The summed E-state index contributed by atoms with van der Waals surface area (Å²) in [4.78, 5) is 0. The van der Waals surface area contributed by atoms with Gasteiger partial charge in [-0.05, 0) is 30.4 Å². The lowest BCUT2D eigenvalue weighted by molar-refractivity contribution is 0.0880. The molecule has 2 heteroatoms. The van der Waals surface area contributed by atoms with Gasteiger partial charge in [-0.3, -0.25) is 0 Å². The normalized spacial score (nSPS) is 19.4. The van der Waals surface area contributed by atoms with Crippen LogP contribution in [0.2, 0.25) is 0 Å². The van der Waals surface area contributed by atoms with E-state index in [1.54, 1.807) is 6.26 Å². The van der Waals surface area contributed by atoms with Crippen molar-refractivity contribution in [3.05, 3.63) is 48.2 Å². The zero-order chi connectivity index (χ0) is 11.1. The highest BCUT2D eigenvalue weighted by Gasteiger charge is 2.10. The van der Waals surface area contributed by atoms with Gasteiger partial charge in [0.1, 0.15) is 0 Å². The van der Waals surface area contributed by atoms with E-state index >= 15 is 0 Å². The smallest absolute Gasteiger partial charge is 0.0905 e. The van der Waals surface area contributed by atoms with Crippen LogP contribution in [0.15, 0.2) is 42.7 Å². The minimum Gasteiger partial charge on any atom is -0.501 e. The molecule has 0 N–H and O–H groups in total. The average molecular weight is 218 g/mol. The van der Waals surface area contributed by atoms with E-state index in [1.165, 1.54) is 5.56 Å². The van der Waals surface area contributed by atoms with Crippen LogP contribution in [0.25, 0.3) is 0 Å². The molecule has 1 heterocycles. The zero-order valence-corrected chi connectivity index (χ0v) is 9.47. The van der Waals surface area contributed by atoms with Crippen molar-refractivity contribution in [2.45, 2.75) is 19.4 Å². The molecule has 86 valence electrons. The van der Waals surface area contributed by atoms with Crippen LogP contribution in [-0.4, -0.2) is 13.2 Å². The van der Waals surface area contributed by atoms with E-state index in [9.17, 15) is 0 Å². The lowest BCUT2D eigenvalue weighted by Gasteiger charge is -2.17. The summed E-state index contributed by atoms with van der Waals surface area (Å²) in [5, 5.41) is 0. The van der Waals surface area contributed by atoms with Crippen molar-refractivity contribution >= 4 is 0 Å². The van der Waals surface area contributed by atoms with Crippen LogP contribution in [-0.2, 0) is 16.1 Å². The maximum atomic E-state index is 5.64. The van der Waals surface area contributed by atoms with E-state index in [1.807, 2.05) is 18.2 Å². The third-order valence-electron chi connectivity index (χ3n) is 2.78. The Morgan fingerprint density at radius 1 is 1.25 bits per heavy atom. The van der Waals surface area contributed by atoms with E-state index in [-0.39, 0.29) is 0 Å². The maximum Gasteiger partial charge on any atom is 0.0905 e. The summed E-state index contributed by atoms with van der Waals surface area (Å²) in [5.74, 6) is 0.626. The van der Waals surface area contributed by atoms with Crippen LogP contribution < -0.4 is 0 Å². The molecule has 1 aliphatic heterocycles. The molecule has 0 saturated heterocycles. The molecule has 1 unspecified atom stereocenters. The van der Waals surface area contributed by atoms with Gasteiger partial charge in [0.15, 0.2) is 0 Å². The van der Waals surface area contributed by atoms with Gasteiger partial charge >= 0.3 is 0 Å². The molecule has 2 nitrogen and oxygen atoms in total. The Hall–Kier alpha value is -1.28. The SMILES string of the molecule is C1=COCC(CCOCc2ccccc2)C1. The first-order valence-corrected chi connectivity index (χ1v) is 5.83. The number of hydrogen-bond acceptors (Lipinski definition) is 2. The highest BCUT2D eigenvalue weighted by Crippen LogP contribution is 2.15. The van der Waals surface area contributed by atoms with E-state index in [2.05, 4.69) is 18.2 Å². The van der Waals surface area contributed by atoms with Crippen molar-refractivity contribution in [1.82, 2.24) is 0 Å². The summed E-state index contributed by atoms with van der Waals surface area (Å²) in [6.07, 6.45) is 6.08. The molecule has 0 saturated carbocycles. The molecule has 0 amide bonds. The molecule has 0 radical (unpaired) electrons. The van der Waals surface area contributed by atoms with Gasteiger partial charge in [-0.1, -0.05) is 30.3 Å². The van der Waals surface area contributed by atoms with Crippen molar-refractivity contribution in [2.24, 2.45) is 5.92 Å². The molecule has 0 aliphatic carbocycles. The second kappa shape index (κ2) is 6.33. The molecule has 16 heavy (non-hydrogen) atoms. The second-order valence-electron chi connectivity index (χ2n) is 4.13. The van der Waals surface area contributed by atoms with Crippen molar-refractivity contribution in [1.29, 1.82) is 0 Å². The van der Waals surface area contributed by atoms with E-state index in [4.69, 9.17) is 9.47 Å². The Labute approximate surface area is 96.9 Å². The largest absolute Gasteiger partial charge is 0.501 e. The van der Waals surface area contributed by atoms with Crippen molar-refractivity contribution < 1.29 is 9.47 Å². The molecule has 0 aromatic heterocycles. The highest BCUT2D eigenvalue weighted by atomic mass is 16.5. The molecular weight excluding hydrogens is 200 g/mol. The van der Waals surface area contributed by atoms with Crippen molar-refractivity contribution in [3.8, 4) is 0 Å². The Bertz CT molecular complexity index is 319. The first-order chi connectivity index (χ1) is 7.95. The second-order valence-corrected chi connectivity index (χ2v) is 4.13. The summed E-state index contributed by atoms with van der Waals surface area (Å²) in [7, 11) is 0. The first-order valence-electron chi connectivity index (χ1n) is 5.83. The minimum atomic E-state index is 0.626. The monoisotopic (exact) mass is 218 g/mol. The Kier molecular flexibility index (Phi) is 4.44. The van der Waals surface area contributed by atoms with Gasteiger partial charge in [-0.2, -0.15) is 0 Å². The molecule has 1 aliphatic rings. The minimum absolute atomic E-state index is 0.626. The van der Waals surface area contributed by atoms with Crippen molar-refractivity contribution in [3.63, 3.8) is 0 Å². The number of benzene rings is 1. The lowest BCUT2D eigenvalue weighted by Crippen LogP contribution is -2.13. The predicted octanol–water partition coefficient (Wildman–Crippen LogP) is 3.14. The van der Waals surface area contributed by atoms with Gasteiger partial charge in [-0.25, -0.2) is 0 Å². The molecule has 1 aromatic rings. The first kappa shape index (κ1) is 11.2. The van der Waals surface area contributed by atoms with Crippen LogP contribution in [0, 0.1) is 5.92 Å². The number of rotatable bonds is 5. The van der Waals surface area contributed by atoms with Crippen LogP contribution in [0.5, 0.6) is 0 Å². The maximum absolute atomic E-state index is 5.64. The summed E-state index contributed by atoms with van der Waals surface area (Å²) in [6.45, 7) is 2.37. The van der Waals surface area contributed by atoms with Gasteiger partial charge in [-0.15, -0.1) is 0 Å². The third kappa shape index (κ3) is 3.70. The fourth-order valence-corrected chi connectivity index (χ4v) is 1.79. The number of ether oxygens (including phenoxy) is 2. The Morgan fingerprint density at radius 2 is 2.12 bits per heavy atom. The van der Waals surface area contributed by atoms with Gasteiger partial charge in [0.2, 0.25) is 0 Å². The molecule has 1 aromatic carbocycles. The molecule has 2 rings (SSSR count). The van der Waals surface area contributed by atoms with E-state index < -0.39 is 0 Å². The lowest BCUT2D eigenvalue weighted by atomic mass is 10.0. The topological polar surface area (TPSA) is 18.5 Å². The van der Waals surface area contributed by atoms with E-state index in [0.29, 0.717) is 12.5 Å². The van der Waals surface area contributed by atoms with Gasteiger partial charge < -0.3 is 9.47 Å². The molecule has 1 atom stereocenters. The van der Waals surface area contributed by atoms with Crippen LogP contribution >= 0.6 is 0 Å². The zero-order valence-electron chi connectivity index (χ0n) is 9.47. The third-order valence-corrected chi connectivity index (χ3v) is 2.78. The summed E-state index contributed by atoms with van der Waals surface area (Å²) < 4.78 is 10.9. The predicted molar refractivity (Wildman–Crippen MR) is 63.9 cm³/mol.